The third-order valence-electron chi connectivity index (χ3n) is 3.52. The van der Waals surface area contributed by atoms with Crippen LogP contribution >= 0.6 is 12.4 Å². The first-order valence-electron chi connectivity index (χ1n) is 6.67. The summed E-state index contributed by atoms with van der Waals surface area (Å²) in [6, 6.07) is 2.77. The summed E-state index contributed by atoms with van der Waals surface area (Å²) in [7, 11) is 0. The van der Waals surface area contributed by atoms with Crippen molar-refractivity contribution >= 4 is 18.3 Å². The van der Waals surface area contributed by atoms with Crippen molar-refractivity contribution in [1.82, 2.24) is 10.6 Å². The van der Waals surface area contributed by atoms with E-state index in [4.69, 9.17) is 0 Å². The van der Waals surface area contributed by atoms with Crippen LogP contribution in [0.2, 0.25) is 0 Å². The van der Waals surface area contributed by atoms with Crippen LogP contribution < -0.4 is 10.6 Å². The number of hydrogen-bond acceptors (Lipinski definition) is 2. The lowest BCUT2D eigenvalue weighted by Gasteiger charge is -2.18. The van der Waals surface area contributed by atoms with Crippen molar-refractivity contribution in [3.8, 4) is 0 Å². The summed E-state index contributed by atoms with van der Waals surface area (Å²) < 4.78 is 63.4. The van der Waals surface area contributed by atoms with Crippen LogP contribution in [-0.2, 0) is 11.0 Å². The van der Waals surface area contributed by atoms with Gasteiger partial charge in [-0.3, -0.25) is 10.1 Å². The molecule has 0 saturated carbocycles. The number of hydrogen-bond donors (Lipinski definition) is 2. The van der Waals surface area contributed by atoms with Crippen LogP contribution in [0.15, 0.2) is 24.3 Å². The summed E-state index contributed by atoms with van der Waals surface area (Å²) in [5, 5.41) is 4.94. The number of alkyl halides is 5. The normalized spacial score (nSPS) is 21.4. The van der Waals surface area contributed by atoms with Crippen LogP contribution in [0, 0.1) is 0 Å². The number of benzene rings is 1. The molecule has 130 valence electrons. The number of amides is 1. The maximum Gasteiger partial charge on any atom is 0.416 e. The smallest absolute Gasteiger partial charge is 0.348 e. The first kappa shape index (κ1) is 19.6. The molecular weight excluding hydrogens is 343 g/mol. The summed E-state index contributed by atoms with van der Waals surface area (Å²) in [5.74, 6) is -3.51. The fourth-order valence-corrected chi connectivity index (χ4v) is 2.26. The second kappa shape index (κ2) is 7.00. The lowest BCUT2D eigenvalue weighted by Crippen LogP contribution is -2.41. The van der Waals surface area contributed by atoms with E-state index < -0.39 is 48.6 Å². The van der Waals surface area contributed by atoms with E-state index in [9.17, 15) is 26.7 Å². The monoisotopic (exact) mass is 358 g/mol. The van der Waals surface area contributed by atoms with E-state index in [0.29, 0.717) is 5.56 Å². The topological polar surface area (TPSA) is 41.1 Å². The van der Waals surface area contributed by atoms with Crippen molar-refractivity contribution in [2.75, 3.05) is 6.54 Å². The van der Waals surface area contributed by atoms with Crippen molar-refractivity contribution < 1.29 is 26.7 Å². The van der Waals surface area contributed by atoms with Gasteiger partial charge < -0.3 is 5.32 Å². The van der Waals surface area contributed by atoms with Crippen molar-refractivity contribution in [3.63, 3.8) is 0 Å². The number of rotatable bonds is 3. The Morgan fingerprint density at radius 1 is 1.30 bits per heavy atom. The molecule has 1 fully saturated rings. The highest BCUT2D eigenvalue weighted by atomic mass is 35.5. The molecule has 2 unspecified atom stereocenters. The van der Waals surface area contributed by atoms with Gasteiger partial charge in [0.05, 0.1) is 24.2 Å². The fourth-order valence-electron chi connectivity index (χ4n) is 2.26. The second-order valence-corrected chi connectivity index (χ2v) is 5.34. The number of halogens is 6. The summed E-state index contributed by atoms with van der Waals surface area (Å²) in [4.78, 5) is 11.9. The lowest BCUT2D eigenvalue weighted by atomic mass is 10.1. The molecule has 2 atom stereocenters. The second-order valence-electron chi connectivity index (χ2n) is 5.34. The van der Waals surface area contributed by atoms with E-state index in [2.05, 4.69) is 10.6 Å². The molecule has 1 aliphatic rings. The Bertz CT molecular complexity index is 547. The largest absolute Gasteiger partial charge is 0.416 e. The molecule has 2 N–H and O–H groups in total. The van der Waals surface area contributed by atoms with Crippen molar-refractivity contribution in [3.05, 3.63) is 35.4 Å². The van der Waals surface area contributed by atoms with Gasteiger partial charge >= 0.3 is 6.18 Å². The van der Waals surface area contributed by atoms with Gasteiger partial charge in [-0.2, -0.15) is 13.2 Å². The van der Waals surface area contributed by atoms with Crippen molar-refractivity contribution in [2.24, 2.45) is 0 Å². The molecule has 1 saturated heterocycles. The maximum absolute atomic E-state index is 13.0. The van der Waals surface area contributed by atoms with Gasteiger partial charge in [-0.15, -0.1) is 12.4 Å². The van der Waals surface area contributed by atoms with Gasteiger partial charge in [-0.05, 0) is 24.6 Å². The zero-order valence-corrected chi connectivity index (χ0v) is 12.9. The standard InChI is InChI=1S/C14H15F5N2O.ClH/c1-8(9-2-4-10(5-3-9)14(17,18)19)21-12(22)11-6-13(15,16)7-20-11;/h2-5,8,11,20H,6-7H2,1H3,(H,21,22);1H. The van der Waals surface area contributed by atoms with E-state index in [1.54, 1.807) is 6.92 Å². The Labute approximate surface area is 136 Å². The number of nitrogens with one attached hydrogen (secondary N) is 2. The Morgan fingerprint density at radius 2 is 1.87 bits per heavy atom. The molecule has 23 heavy (non-hydrogen) atoms. The lowest BCUT2D eigenvalue weighted by molar-refractivity contribution is -0.137. The van der Waals surface area contributed by atoms with Crippen LogP contribution in [0.1, 0.15) is 30.5 Å². The maximum atomic E-state index is 13.0. The highest BCUT2D eigenvalue weighted by Gasteiger charge is 2.42. The summed E-state index contributed by atoms with van der Waals surface area (Å²) in [5.41, 5.74) is -0.321. The SMILES string of the molecule is CC(NC(=O)C1CC(F)(F)CN1)c1ccc(C(F)(F)F)cc1.Cl. The van der Waals surface area contributed by atoms with E-state index in [-0.39, 0.29) is 12.4 Å². The average molecular weight is 359 g/mol. The van der Waals surface area contributed by atoms with Crippen LogP contribution in [0.25, 0.3) is 0 Å². The van der Waals surface area contributed by atoms with Gasteiger partial charge in [0.2, 0.25) is 5.91 Å². The molecule has 0 radical (unpaired) electrons. The Morgan fingerprint density at radius 3 is 2.30 bits per heavy atom. The summed E-state index contributed by atoms with van der Waals surface area (Å²) >= 11 is 0. The van der Waals surface area contributed by atoms with Gasteiger partial charge in [0, 0.05) is 6.42 Å². The van der Waals surface area contributed by atoms with Crippen molar-refractivity contribution in [2.45, 2.75) is 37.5 Å². The first-order chi connectivity index (χ1) is 10.1. The average Bonchev–Trinajstić information content (AvgIpc) is 2.78. The van der Waals surface area contributed by atoms with Crippen molar-refractivity contribution in [1.29, 1.82) is 0 Å². The van der Waals surface area contributed by atoms with Gasteiger partial charge in [-0.1, -0.05) is 12.1 Å². The third kappa shape index (κ3) is 5.04. The minimum atomic E-state index is -4.43. The van der Waals surface area contributed by atoms with E-state index in [0.717, 1.165) is 12.1 Å². The molecule has 0 aromatic heterocycles. The molecule has 1 aromatic carbocycles. The molecule has 1 aromatic rings. The molecule has 1 aliphatic heterocycles. The van der Waals surface area contributed by atoms with Crippen LogP contribution in [0.5, 0.6) is 0 Å². The van der Waals surface area contributed by atoms with Gasteiger partial charge in [0.15, 0.2) is 0 Å². The molecule has 1 amide bonds. The van der Waals surface area contributed by atoms with Crippen LogP contribution in [0.3, 0.4) is 0 Å². The Balaban J connectivity index is 0.00000264. The molecule has 0 aliphatic carbocycles. The molecule has 0 bridgehead atoms. The number of carbonyl (C=O) groups excluding carboxylic acids is 1. The van der Waals surface area contributed by atoms with Gasteiger partial charge in [0.25, 0.3) is 5.92 Å². The summed E-state index contributed by atoms with van der Waals surface area (Å²) in [6.45, 7) is 1.02. The predicted octanol–water partition coefficient (Wildman–Crippen LogP) is 3.30. The number of carbonyl (C=O) groups is 1. The zero-order valence-electron chi connectivity index (χ0n) is 12.1. The molecular formula is C14H16ClF5N2O. The quantitative estimate of drug-likeness (QED) is 0.814. The molecule has 3 nitrogen and oxygen atoms in total. The highest BCUT2D eigenvalue weighted by molar-refractivity contribution is 5.85. The highest BCUT2D eigenvalue weighted by Crippen LogP contribution is 2.30. The minimum Gasteiger partial charge on any atom is -0.348 e. The Hall–Kier alpha value is -1.41. The third-order valence-corrected chi connectivity index (χ3v) is 3.52. The van der Waals surface area contributed by atoms with Crippen LogP contribution in [-0.4, -0.2) is 24.4 Å². The van der Waals surface area contributed by atoms with E-state index >= 15 is 0 Å². The molecule has 1 heterocycles. The predicted molar refractivity (Wildman–Crippen MR) is 76.6 cm³/mol. The summed E-state index contributed by atoms with van der Waals surface area (Å²) in [6.07, 6.45) is -5.01. The van der Waals surface area contributed by atoms with Crippen LogP contribution in [0.4, 0.5) is 22.0 Å². The Kier molecular flexibility index (Phi) is 5.98. The zero-order chi connectivity index (χ0) is 16.5. The first-order valence-corrected chi connectivity index (χ1v) is 6.67. The molecule has 2 rings (SSSR count). The van der Waals surface area contributed by atoms with Gasteiger partial charge in [-0.25, -0.2) is 8.78 Å². The fraction of sp³-hybridized carbons (Fsp3) is 0.500. The minimum absolute atomic E-state index is 0. The molecule has 9 heteroatoms. The van der Waals surface area contributed by atoms with E-state index in [1.807, 2.05) is 0 Å². The van der Waals surface area contributed by atoms with Gasteiger partial charge in [0.1, 0.15) is 0 Å². The molecule has 0 spiro atoms. The van der Waals surface area contributed by atoms with E-state index in [1.165, 1.54) is 12.1 Å².